The first-order chi connectivity index (χ1) is 16.3. The van der Waals surface area contributed by atoms with E-state index in [0.29, 0.717) is 39.0 Å². The fraction of sp³-hybridized carbons (Fsp3) is 0.462. The maximum absolute atomic E-state index is 13.3. The van der Waals surface area contributed by atoms with Gasteiger partial charge in [0.15, 0.2) is 0 Å². The molecule has 2 aliphatic heterocycles. The van der Waals surface area contributed by atoms with Crippen LogP contribution in [0.25, 0.3) is 0 Å². The lowest BCUT2D eigenvalue weighted by Gasteiger charge is -2.32. The van der Waals surface area contributed by atoms with E-state index in [1.807, 2.05) is 18.2 Å². The number of carbonyl (C=O) groups excluding carboxylic acids is 2. The average Bonchev–Trinajstić information content (AvgIpc) is 2.86. The minimum absolute atomic E-state index is 0.00191. The Kier molecular flexibility index (Phi) is 7.38. The molecule has 0 saturated carbocycles. The standard InChI is InChI=1S/C26H33N3O4S/c1-19(21-7-4-3-5-8-21)18-27-26(31)22-12-15-28(16-13-22)34(32,33)24-10-11-25-23(17-24)9-6-14-29(25)20(2)30/h3-5,7-8,10-11,17,19,22H,6,9,12-16,18H2,1-2H3,(H,27,31). The zero-order valence-corrected chi connectivity index (χ0v) is 20.7. The Balaban J connectivity index is 1.35. The number of nitrogens with zero attached hydrogens (tertiary/aromatic N) is 2. The van der Waals surface area contributed by atoms with E-state index >= 15 is 0 Å². The second kappa shape index (κ2) is 10.3. The SMILES string of the molecule is CC(=O)N1CCCc2cc(S(=O)(=O)N3CCC(C(=O)NCC(C)c4ccccc4)CC3)ccc21. The zero-order chi connectivity index (χ0) is 24.3. The molecular formula is C26H33N3O4S. The van der Waals surface area contributed by atoms with Crippen molar-refractivity contribution in [1.82, 2.24) is 9.62 Å². The van der Waals surface area contributed by atoms with Crippen molar-refractivity contribution in [2.75, 3.05) is 31.1 Å². The molecule has 1 unspecified atom stereocenters. The molecule has 0 radical (unpaired) electrons. The van der Waals surface area contributed by atoms with Gasteiger partial charge in [0.2, 0.25) is 21.8 Å². The van der Waals surface area contributed by atoms with Crippen LogP contribution in [0.1, 0.15) is 50.2 Å². The number of piperidine rings is 1. The van der Waals surface area contributed by atoms with Crippen LogP contribution < -0.4 is 10.2 Å². The Bertz CT molecular complexity index is 1140. The molecule has 34 heavy (non-hydrogen) atoms. The van der Waals surface area contributed by atoms with Crippen molar-refractivity contribution in [3.63, 3.8) is 0 Å². The number of nitrogens with one attached hydrogen (secondary N) is 1. The van der Waals surface area contributed by atoms with E-state index in [1.54, 1.807) is 23.1 Å². The van der Waals surface area contributed by atoms with Gasteiger partial charge in [-0.3, -0.25) is 9.59 Å². The molecule has 4 rings (SSSR count). The average molecular weight is 484 g/mol. The fourth-order valence-corrected chi connectivity index (χ4v) is 6.39. The van der Waals surface area contributed by atoms with Crippen molar-refractivity contribution >= 4 is 27.5 Å². The van der Waals surface area contributed by atoms with Gasteiger partial charge in [-0.25, -0.2) is 8.42 Å². The van der Waals surface area contributed by atoms with E-state index < -0.39 is 10.0 Å². The first-order valence-corrected chi connectivity index (χ1v) is 13.4. The van der Waals surface area contributed by atoms with Crippen LogP contribution in [-0.4, -0.2) is 50.7 Å². The normalized spacial score (nSPS) is 18.2. The number of rotatable bonds is 6. The molecule has 2 aromatic rings. The highest BCUT2D eigenvalue weighted by Gasteiger charge is 2.33. The first kappa shape index (κ1) is 24.4. The molecule has 2 aromatic carbocycles. The van der Waals surface area contributed by atoms with E-state index in [9.17, 15) is 18.0 Å². The van der Waals surface area contributed by atoms with Gasteiger partial charge in [-0.2, -0.15) is 4.31 Å². The summed E-state index contributed by atoms with van der Waals surface area (Å²) in [5.74, 6) is 0.00337. The molecule has 0 aromatic heterocycles. The minimum atomic E-state index is -3.65. The van der Waals surface area contributed by atoms with Gasteiger partial charge >= 0.3 is 0 Å². The summed E-state index contributed by atoms with van der Waals surface area (Å²) in [5, 5.41) is 3.04. The number of anilines is 1. The summed E-state index contributed by atoms with van der Waals surface area (Å²) in [7, 11) is -3.65. The topological polar surface area (TPSA) is 86.8 Å². The summed E-state index contributed by atoms with van der Waals surface area (Å²) in [5.41, 5.74) is 2.88. The summed E-state index contributed by atoms with van der Waals surface area (Å²) < 4.78 is 28.0. The lowest BCUT2D eigenvalue weighted by Crippen LogP contribution is -2.43. The maximum atomic E-state index is 13.3. The monoisotopic (exact) mass is 483 g/mol. The number of fused-ring (bicyclic) bond motifs is 1. The minimum Gasteiger partial charge on any atom is -0.355 e. The van der Waals surface area contributed by atoms with Gasteiger partial charge in [0.05, 0.1) is 4.90 Å². The maximum Gasteiger partial charge on any atom is 0.243 e. The molecule has 1 N–H and O–H groups in total. The van der Waals surface area contributed by atoms with E-state index in [2.05, 4.69) is 24.4 Å². The van der Waals surface area contributed by atoms with Crippen molar-refractivity contribution in [3.05, 3.63) is 59.7 Å². The fourth-order valence-electron chi connectivity index (χ4n) is 4.87. The molecule has 2 heterocycles. The number of carbonyl (C=O) groups is 2. The van der Waals surface area contributed by atoms with Gasteiger partial charge in [0, 0.05) is 44.7 Å². The molecule has 0 bridgehead atoms. The van der Waals surface area contributed by atoms with E-state index in [4.69, 9.17) is 0 Å². The third kappa shape index (κ3) is 5.18. The third-order valence-electron chi connectivity index (χ3n) is 6.96. The van der Waals surface area contributed by atoms with Gasteiger partial charge in [-0.05, 0) is 60.9 Å². The number of hydrogen-bond acceptors (Lipinski definition) is 4. The summed E-state index contributed by atoms with van der Waals surface area (Å²) >= 11 is 0. The second-order valence-corrected chi connectivity index (χ2v) is 11.2. The predicted molar refractivity (Wildman–Crippen MR) is 132 cm³/mol. The number of sulfonamides is 1. The van der Waals surface area contributed by atoms with Gasteiger partial charge < -0.3 is 10.2 Å². The lowest BCUT2D eigenvalue weighted by molar-refractivity contribution is -0.126. The zero-order valence-electron chi connectivity index (χ0n) is 19.9. The van der Waals surface area contributed by atoms with Gasteiger partial charge in [0.1, 0.15) is 0 Å². The van der Waals surface area contributed by atoms with Crippen molar-refractivity contribution < 1.29 is 18.0 Å². The van der Waals surface area contributed by atoms with E-state index in [-0.39, 0.29) is 28.5 Å². The van der Waals surface area contributed by atoms with Crippen molar-refractivity contribution in [1.29, 1.82) is 0 Å². The molecule has 8 heteroatoms. The molecule has 2 aliphatic rings. The molecule has 1 atom stereocenters. The summed E-state index contributed by atoms with van der Waals surface area (Å²) in [6.07, 6.45) is 2.59. The van der Waals surface area contributed by atoms with Crippen molar-refractivity contribution in [2.45, 2.75) is 50.3 Å². The smallest absolute Gasteiger partial charge is 0.243 e. The van der Waals surface area contributed by atoms with Crippen LogP contribution in [0.5, 0.6) is 0 Å². The number of amides is 2. The van der Waals surface area contributed by atoms with E-state index in [1.165, 1.54) is 16.8 Å². The highest BCUT2D eigenvalue weighted by Crippen LogP contribution is 2.31. The van der Waals surface area contributed by atoms with Crippen molar-refractivity contribution in [3.8, 4) is 0 Å². The molecule has 0 spiro atoms. The van der Waals surface area contributed by atoms with Crippen LogP contribution in [0.2, 0.25) is 0 Å². The van der Waals surface area contributed by atoms with Gasteiger partial charge in [-0.15, -0.1) is 0 Å². The van der Waals surface area contributed by atoms with Crippen LogP contribution in [0.15, 0.2) is 53.4 Å². The largest absolute Gasteiger partial charge is 0.355 e. The third-order valence-corrected chi connectivity index (χ3v) is 8.86. The second-order valence-electron chi connectivity index (χ2n) is 9.30. The molecule has 182 valence electrons. The van der Waals surface area contributed by atoms with Crippen LogP contribution in [0, 0.1) is 5.92 Å². The highest BCUT2D eigenvalue weighted by atomic mass is 32.2. The Hall–Kier alpha value is -2.71. The number of hydrogen-bond donors (Lipinski definition) is 1. The summed E-state index contributed by atoms with van der Waals surface area (Å²) in [6, 6.07) is 15.1. The first-order valence-electron chi connectivity index (χ1n) is 12.0. The van der Waals surface area contributed by atoms with E-state index in [0.717, 1.165) is 24.1 Å². The molecule has 0 aliphatic carbocycles. The quantitative estimate of drug-likeness (QED) is 0.683. The van der Waals surface area contributed by atoms with Crippen LogP contribution in [-0.2, 0) is 26.0 Å². The summed E-state index contributed by atoms with van der Waals surface area (Å²) in [4.78, 5) is 26.6. The Morgan fingerprint density at radius 1 is 1.06 bits per heavy atom. The van der Waals surface area contributed by atoms with Crippen LogP contribution >= 0.6 is 0 Å². The molecular weight excluding hydrogens is 450 g/mol. The van der Waals surface area contributed by atoms with Crippen LogP contribution in [0.4, 0.5) is 5.69 Å². The van der Waals surface area contributed by atoms with Crippen molar-refractivity contribution in [2.24, 2.45) is 5.92 Å². The number of benzene rings is 2. The molecule has 2 amide bonds. The molecule has 1 fully saturated rings. The van der Waals surface area contributed by atoms with Gasteiger partial charge in [-0.1, -0.05) is 37.3 Å². The van der Waals surface area contributed by atoms with Gasteiger partial charge in [0.25, 0.3) is 0 Å². The Morgan fingerprint density at radius 2 is 1.76 bits per heavy atom. The molecule has 7 nitrogen and oxygen atoms in total. The number of aryl methyl sites for hydroxylation is 1. The highest BCUT2D eigenvalue weighted by molar-refractivity contribution is 7.89. The lowest BCUT2D eigenvalue weighted by atomic mass is 9.96. The predicted octanol–water partition coefficient (Wildman–Crippen LogP) is 3.31. The Morgan fingerprint density at radius 3 is 2.44 bits per heavy atom. The Labute approximate surface area is 202 Å². The molecule has 1 saturated heterocycles. The van der Waals surface area contributed by atoms with Crippen LogP contribution in [0.3, 0.4) is 0 Å². The summed E-state index contributed by atoms with van der Waals surface area (Å²) in [6.45, 7) is 5.49.